The Balaban J connectivity index is 1.65. The average molecular weight is 407 g/mol. The molecule has 2 aromatic rings. The molecule has 0 bridgehead atoms. The molecule has 152 valence electrons. The second-order valence-electron chi connectivity index (χ2n) is 6.33. The maximum absolute atomic E-state index is 12.1. The number of hydrogen-bond acceptors (Lipinski definition) is 5. The molecule has 0 saturated carbocycles. The molecule has 0 atom stereocenters. The quantitative estimate of drug-likeness (QED) is 0.621. The SMILES string of the molecule is COc1ccc(CCNC(=O)CN(C)CCOc2ccc(Cl)cc2)cc1OC. The van der Waals surface area contributed by atoms with Gasteiger partial charge in [0.1, 0.15) is 12.4 Å². The molecule has 7 heteroatoms. The van der Waals surface area contributed by atoms with Crippen LogP contribution in [-0.2, 0) is 11.2 Å². The summed E-state index contributed by atoms with van der Waals surface area (Å²) in [6, 6.07) is 13.0. The Morgan fingerprint density at radius 3 is 2.46 bits per heavy atom. The number of carbonyl (C=O) groups excluding carboxylic acids is 1. The molecule has 2 aromatic carbocycles. The van der Waals surface area contributed by atoms with Crippen molar-refractivity contribution < 1.29 is 19.0 Å². The van der Waals surface area contributed by atoms with E-state index in [9.17, 15) is 4.79 Å². The number of likely N-dealkylation sites (N-methyl/N-ethyl adjacent to an activating group) is 1. The minimum Gasteiger partial charge on any atom is -0.493 e. The second-order valence-corrected chi connectivity index (χ2v) is 6.77. The van der Waals surface area contributed by atoms with Gasteiger partial charge in [-0.1, -0.05) is 17.7 Å². The first-order valence-corrected chi connectivity index (χ1v) is 9.44. The van der Waals surface area contributed by atoms with E-state index in [1.54, 1.807) is 26.4 Å². The number of hydrogen-bond donors (Lipinski definition) is 1. The van der Waals surface area contributed by atoms with E-state index in [0.717, 1.165) is 17.7 Å². The van der Waals surface area contributed by atoms with Crippen molar-refractivity contribution in [2.75, 3.05) is 47.5 Å². The predicted octanol–water partition coefficient (Wildman–Crippen LogP) is 3.03. The van der Waals surface area contributed by atoms with Crippen LogP contribution in [0.4, 0.5) is 0 Å². The van der Waals surface area contributed by atoms with Crippen LogP contribution >= 0.6 is 11.6 Å². The lowest BCUT2D eigenvalue weighted by molar-refractivity contribution is -0.121. The molecular formula is C21H27ClN2O4. The van der Waals surface area contributed by atoms with Crippen molar-refractivity contribution in [3.63, 3.8) is 0 Å². The molecule has 0 fully saturated rings. The van der Waals surface area contributed by atoms with Crippen molar-refractivity contribution >= 4 is 17.5 Å². The highest BCUT2D eigenvalue weighted by atomic mass is 35.5. The smallest absolute Gasteiger partial charge is 0.234 e. The number of ether oxygens (including phenoxy) is 3. The van der Waals surface area contributed by atoms with Crippen LogP contribution in [0.1, 0.15) is 5.56 Å². The van der Waals surface area contributed by atoms with E-state index in [0.29, 0.717) is 42.8 Å². The third-order valence-electron chi connectivity index (χ3n) is 4.15. The van der Waals surface area contributed by atoms with Crippen molar-refractivity contribution in [3.8, 4) is 17.2 Å². The van der Waals surface area contributed by atoms with E-state index in [4.69, 9.17) is 25.8 Å². The van der Waals surface area contributed by atoms with Crippen LogP contribution in [0, 0.1) is 0 Å². The van der Waals surface area contributed by atoms with Gasteiger partial charge in [-0.15, -0.1) is 0 Å². The van der Waals surface area contributed by atoms with Crippen LogP contribution in [0.25, 0.3) is 0 Å². The Morgan fingerprint density at radius 2 is 1.79 bits per heavy atom. The van der Waals surface area contributed by atoms with E-state index in [2.05, 4.69) is 5.32 Å². The van der Waals surface area contributed by atoms with Gasteiger partial charge in [0.2, 0.25) is 5.91 Å². The molecule has 0 aliphatic carbocycles. The zero-order valence-corrected chi connectivity index (χ0v) is 17.3. The zero-order valence-electron chi connectivity index (χ0n) is 16.5. The second kappa shape index (κ2) is 11.4. The average Bonchev–Trinajstić information content (AvgIpc) is 2.69. The molecule has 0 spiro atoms. The van der Waals surface area contributed by atoms with Crippen molar-refractivity contribution in [1.29, 1.82) is 0 Å². The number of benzene rings is 2. The van der Waals surface area contributed by atoms with Gasteiger partial charge in [-0.2, -0.15) is 0 Å². The molecule has 0 aliphatic heterocycles. The number of rotatable bonds is 11. The predicted molar refractivity (Wildman–Crippen MR) is 111 cm³/mol. The first-order valence-electron chi connectivity index (χ1n) is 9.06. The van der Waals surface area contributed by atoms with Crippen LogP contribution < -0.4 is 19.5 Å². The Bertz CT molecular complexity index is 753. The minimum absolute atomic E-state index is 0.0190. The van der Waals surface area contributed by atoms with Gasteiger partial charge in [0.15, 0.2) is 11.5 Å². The number of nitrogens with zero attached hydrogens (tertiary/aromatic N) is 1. The molecule has 28 heavy (non-hydrogen) atoms. The third-order valence-corrected chi connectivity index (χ3v) is 4.40. The van der Waals surface area contributed by atoms with Crippen LogP contribution in [0.5, 0.6) is 17.2 Å². The van der Waals surface area contributed by atoms with E-state index >= 15 is 0 Å². The van der Waals surface area contributed by atoms with E-state index < -0.39 is 0 Å². The van der Waals surface area contributed by atoms with Gasteiger partial charge in [0, 0.05) is 18.1 Å². The highest BCUT2D eigenvalue weighted by molar-refractivity contribution is 6.30. The largest absolute Gasteiger partial charge is 0.493 e. The van der Waals surface area contributed by atoms with Crippen molar-refractivity contribution in [2.45, 2.75) is 6.42 Å². The first kappa shape index (κ1) is 21.9. The lowest BCUT2D eigenvalue weighted by atomic mass is 10.1. The Labute approximate surface area is 171 Å². The Morgan fingerprint density at radius 1 is 1.07 bits per heavy atom. The highest BCUT2D eigenvalue weighted by Crippen LogP contribution is 2.27. The van der Waals surface area contributed by atoms with Gasteiger partial charge in [-0.25, -0.2) is 0 Å². The molecule has 0 aliphatic rings. The molecule has 0 unspecified atom stereocenters. The zero-order chi connectivity index (χ0) is 20.4. The van der Waals surface area contributed by atoms with Gasteiger partial charge in [-0.3, -0.25) is 9.69 Å². The molecule has 0 saturated heterocycles. The fourth-order valence-corrected chi connectivity index (χ4v) is 2.74. The molecule has 1 amide bonds. The van der Waals surface area contributed by atoms with Crippen LogP contribution in [-0.4, -0.2) is 58.3 Å². The fourth-order valence-electron chi connectivity index (χ4n) is 2.61. The summed E-state index contributed by atoms with van der Waals surface area (Å²) >= 11 is 5.84. The summed E-state index contributed by atoms with van der Waals surface area (Å²) in [4.78, 5) is 14.0. The van der Waals surface area contributed by atoms with Crippen LogP contribution in [0.15, 0.2) is 42.5 Å². The lowest BCUT2D eigenvalue weighted by Crippen LogP contribution is -2.37. The number of halogens is 1. The van der Waals surface area contributed by atoms with Crippen molar-refractivity contribution in [3.05, 3.63) is 53.1 Å². The molecule has 0 radical (unpaired) electrons. The Hall–Kier alpha value is -2.44. The van der Waals surface area contributed by atoms with Gasteiger partial charge >= 0.3 is 0 Å². The normalized spacial score (nSPS) is 10.6. The van der Waals surface area contributed by atoms with E-state index in [1.807, 2.05) is 42.3 Å². The third kappa shape index (κ3) is 7.29. The van der Waals surface area contributed by atoms with Gasteiger partial charge in [0.05, 0.1) is 20.8 Å². The maximum Gasteiger partial charge on any atom is 0.234 e. The summed E-state index contributed by atoms with van der Waals surface area (Å²) in [6.45, 7) is 2.02. The van der Waals surface area contributed by atoms with Gasteiger partial charge in [0.25, 0.3) is 0 Å². The lowest BCUT2D eigenvalue weighted by Gasteiger charge is -2.17. The first-order chi connectivity index (χ1) is 13.5. The standard InChI is InChI=1S/C21H27ClN2O4/c1-24(12-13-28-18-7-5-17(22)6-8-18)15-21(25)23-11-10-16-4-9-19(26-2)20(14-16)27-3/h4-9,14H,10-13,15H2,1-3H3,(H,23,25). The number of carbonyl (C=O) groups is 1. The number of methoxy groups -OCH3 is 2. The Kier molecular flexibility index (Phi) is 8.91. The molecule has 0 aromatic heterocycles. The molecule has 1 N–H and O–H groups in total. The monoisotopic (exact) mass is 406 g/mol. The summed E-state index contributed by atoms with van der Waals surface area (Å²) in [5.74, 6) is 2.12. The molecule has 0 heterocycles. The number of nitrogens with one attached hydrogen (secondary N) is 1. The van der Waals surface area contributed by atoms with Crippen LogP contribution in [0.2, 0.25) is 5.02 Å². The summed E-state index contributed by atoms with van der Waals surface area (Å²) in [5.41, 5.74) is 1.07. The molecule has 6 nitrogen and oxygen atoms in total. The molecule has 2 rings (SSSR count). The molecular weight excluding hydrogens is 380 g/mol. The van der Waals surface area contributed by atoms with Crippen LogP contribution in [0.3, 0.4) is 0 Å². The van der Waals surface area contributed by atoms with Gasteiger partial charge < -0.3 is 19.5 Å². The minimum atomic E-state index is -0.0190. The summed E-state index contributed by atoms with van der Waals surface area (Å²) < 4.78 is 16.2. The number of amides is 1. The fraction of sp³-hybridized carbons (Fsp3) is 0.381. The van der Waals surface area contributed by atoms with E-state index in [1.165, 1.54) is 0 Å². The topological polar surface area (TPSA) is 60.0 Å². The van der Waals surface area contributed by atoms with Gasteiger partial charge in [-0.05, 0) is 55.4 Å². The summed E-state index contributed by atoms with van der Waals surface area (Å²) in [7, 11) is 5.10. The van der Waals surface area contributed by atoms with Crippen molar-refractivity contribution in [2.24, 2.45) is 0 Å². The van der Waals surface area contributed by atoms with Crippen molar-refractivity contribution in [1.82, 2.24) is 10.2 Å². The summed E-state index contributed by atoms with van der Waals surface area (Å²) in [6.07, 6.45) is 0.718. The highest BCUT2D eigenvalue weighted by Gasteiger charge is 2.08. The summed E-state index contributed by atoms with van der Waals surface area (Å²) in [5, 5.41) is 3.61. The maximum atomic E-state index is 12.1. The van der Waals surface area contributed by atoms with E-state index in [-0.39, 0.29) is 5.91 Å².